The maximum absolute atomic E-state index is 13.5. The highest BCUT2D eigenvalue weighted by atomic mass is 19.1. The number of halogens is 1. The molecule has 0 unspecified atom stereocenters. The number of Topliss-reactive ketones (excluding diaryl/α,β-unsaturated/α-hetero) is 1. The average Bonchev–Trinajstić information content (AvgIpc) is 2.63. The van der Waals surface area contributed by atoms with Crippen LogP contribution < -0.4 is 10.9 Å². The van der Waals surface area contributed by atoms with Crippen molar-refractivity contribution in [1.29, 1.82) is 0 Å². The molecule has 6 nitrogen and oxygen atoms in total. The SMILES string of the molecule is CCn1nc(-c2cccnc2)c(C(C)=O)c(Nc2cccc(F)c2)c1=O. The Morgan fingerprint density at radius 1 is 1.27 bits per heavy atom. The summed E-state index contributed by atoms with van der Waals surface area (Å²) in [4.78, 5) is 29.2. The van der Waals surface area contributed by atoms with Gasteiger partial charge in [-0.2, -0.15) is 5.10 Å². The van der Waals surface area contributed by atoms with E-state index in [0.717, 1.165) is 0 Å². The second kappa shape index (κ2) is 7.26. The van der Waals surface area contributed by atoms with Gasteiger partial charge in [-0.25, -0.2) is 9.07 Å². The number of aryl methyl sites for hydroxylation is 1. The van der Waals surface area contributed by atoms with Gasteiger partial charge >= 0.3 is 0 Å². The van der Waals surface area contributed by atoms with Gasteiger partial charge in [0.1, 0.15) is 17.2 Å². The summed E-state index contributed by atoms with van der Waals surface area (Å²) in [5.41, 5.74) is 1.11. The first kappa shape index (κ1) is 17.5. The molecular formula is C19H17FN4O2. The fourth-order valence-electron chi connectivity index (χ4n) is 2.66. The Kier molecular flexibility index (Phi) is 4.88. The summed E-state index contributed by atoms with van der Waals surface area (Å²) in [5, 5.41) is 7.22. The molecule has 1 aromatic carbocycles. The van der Waals surface area contributed by atoms with Crippen LogP contribution in [0, 0.1) is 5.82 Å². The van der Waals surface area contributed by atoms with Gasteiger partial charge in [-0.15, -0.1) is 0 Å². The molecule has 7 heteroatoms. The van der Waals surface area contributed by atoms with E-state index in [9.17, 15) is 14.0 Å². The Labute approximate surface area is 149 Å². The lowest BCUT2D eigenvalue weighted by Crippen LogP contribution is -2.28. The van der Waals surface area contributed by atoms with E-state index in [1.165, 1.54) is 29.8 Å². The van der Waals surface area contributed by atoms with Crippen molar-refractivity contribution in [1.82, 2.24) is 14.8 Å². The van der Waals surface area contributed by atoms with Gasteiger partial charge in [0.05, 0.1) is 5.56 Å². The smallest absolute Gasteiger partial charge is 0.291 e. The number of carbonyl (C=O) groups is 1. The number of anilines is 2. The molecule has 0 atom stereocenters. The van der Waals surface area contributed by atoms with E-state index in [2.05, 4.69) is 15.4 Å². The number of benzene rings is 1. The molecule has 26 heavy (non-hydrogen) atoms. The molecule has 3 aromatic rings. The highest BCUT2D eigenvalue weighted by Crippen LogP contribution is 2.27. The van der Waals surface area contributed by atoms with Crippen LogP contribution in [0.5, 0.6) is 0 Å². The molecular weight excluding hydrogens is 335 g/mol. The number of ketones is 1. The number of hydrogen-bond acceptors (Lipinski definition) is 5. The second-order valence-corrected chi connectivity index (χ2v) is 5.65. The van der Waals surface area contributed by atoms with Crippen molar-refractivity contribution in [3.63, 3.8) is 0 Å². The lowest BCUT2D eigenvalue weighted by molar-refractivity contribution is 0.101. The minimum absolute atomic E-state index is 0.0683. The predicted octanol–water partition coefficient (Wildman–Crippen LogP) is 3.41. The molecule has 0 aliphatic rings. The fraction of sp³-hybridized carbons (Fsp3) is 0.158. The zero-order valence-corrected chi connectivity index (χ0v) is 14.4. The van der Waals surface area contributed by atoms with Gasteiger partial charge in [-0.3, -0.25) is 14.6 Å². The molecule has 0 saturated carbocycles. The number of aromatic nitrogens is 3. The van der Waals surface area contributed by atoms with Crippen molar-refractivity contribution < 1.29 is 9.18 Å². The topological polar surface area (TPSA) is 76.9 Å². The Morgan fingerprint density at radius 3 is 2.69 bits per heavy atom. The first-order chi connectivity index (χ1) is 12.5. The Balaban J connectivity index is 2.27. The fourth-order valence-corrected chi connectivity index (χ4v) is 2.66. The van der Waals surface area contributed by atoms with E-state index >= 15 is 0 Å². The molecule has 3 rings (SSSR count). The van der Waals surface area contributed by atoms with Gasteiger partial charge < -0.3 is 5.32 Å². The highest BCUT2D eigenvalue weighted by Gasteiger charge is 2.22. The van der Waals surface area contributed by atoms with Crippen molar-refractivity contribution in [3.8, 4) is 11.3 Å². The molecule has 0 aliphatic carbocycles. The summed E-state index contributed by atoms with van der Waals surface area (Å²) in [6.07, 6.45) is 3.18. The van der Waals surface area contributed by atoms with Crippen LogP contribution in [-0.4, -0.2) is 20.5 Å². The molecule has 132 valence electrons. The lowest BCUT2D eigenvalue weighted by Gasteiger charge is -2.16. The van der Waals surface area contributed by atoms with Crippen LogP contribution in [0.1, 0.15) is 24.2 Å². The molecule has 2 aromatic heterocycles. The van der Waals surface area contributed by atoms with Crippen LogP contribution in [0.15, 0.2) is 53.6 Å². The number of nitrogens with zero attached hydrogens (tertiary/aromatic N) is 3. The number of rotatable bonds is 5. The first-order valence-corrected chi connectivity index (χ1v) is 8.10. The third kappa shape index (κ3) is 3.37. The normalized spacial score (nSPS) is 10.6. The largest absolute Gasteiger partial charge is 0.350 e. The summed E-state index contributed by atoms with van der Waals surface area (Å²) in [7, 11) is 0. The summed E-state index contributed by atoms with van der Waals surface area (Å²) >= 11 is 0. The number of pyridine rings is 1. The molecule has 2 heterocycles. The molecule has 0 aliphatic heterocycles. The predicted molar refractivity (Wildman–Crippen MR) is 97.1 cm³/mol. The van der Waals surface area contributed by atoms with E-state index in [1.54, 1.807) is 37.5 Å². The average molecular weight is 352 g/mol. The Bertz CT molecular complexity index is 1020. The molecule has 0 radical (unpaired) electrons. The summed E-state index contributed by atoms with van der Waals surface area (Å²) in [6, 6.07) is 9.18. The Morgan fingerprint density at radius 2 is 2.08 bits per heavy atom. The van der Waals surface area contributed by atoms with Crippen molar-refractivity contribution in [2.75, 3.05) is 5.32 Å². The number of hydrogen-bond donors (Lipinski definition) is 1. The van der Waals surface area contributed by atoms with E-state index in [0.29, 0.717) is 23.5 Å². The van der Waals surface area contributed by atoms with Gasteiger partial charge in [0.15, 0.2) is 5.78 Å². The van der Waals surface area contributed by atoms with Crippen LogP contribution in [0.3, 0.4) is 0 Å². The van der Waals surface area contributed by atoms with Gasteiger partial charge in [0.25, 0.3) is 5.56 Å². The zero-order valence-electron chi connectivity index (χ0n) is 14.4. The molecule has 1 N–H and O–H groups in total. The van der Waals surface area contributed by atoms with Crippen LogP contribution in [0.2, 0.25) is 0 Å². The third-order valence-electron chi connectivity index (χ3n) is 3.84. The third-order valence-corrected chi connectivity index (χ3v) is 3.84. The summed E-state index contributed by atoms with van der Waals surface area (Å²) in [5.74, 6) is -0.771. The molecule has 0 spiro atoms. The quantitative estimate of drug-likeness (QED) is 0.712. The van der Waals surface area contributed by atoms with Crippen molar-refractivity contribution in [3.05, 3.63) is 70.5 Å². The van der Waals surface area contributed by atoms with Gasteiger partial charge in [-0.05, 0) is 44.2 Å². The van der Waals surface area contributed by atoms with E-state index in [1.807, 2.05) is 0 Å². The van der Waals surface area contributed by atoms with Crippen LogP contribution in [0.4, 0.5) is 15.8 Å². The second-order valence-electron chi connectivity index (χ2n) is 5.65. The first-order valence-electron chi connectivity index (χ1n) is 8.10. The maximum atomic E-state index is 13.5. The molecule has 0 amide bonds. The monoisotopic (exact) mass is 352 g/mol. The summed E-state index contributed by atoms with van der Waals surface area (Å²) in [6.45, 7) is 3.46. The van der Waals surface area contributed by atoms with Crippen LogP contribution >= 0.6 is 0 Å². The van der Waals surface area contributed by atoms with Crippen molar-refractivity contribution >= 4 is 17.2 Å². The van der Waals surface area contributed by atoms with Crippen LogP contribution in [0.25, 0.3) is 11.3 Å². The summed E-state index contributed by atoms with van der Waals surface area (Å²) < 4.78 is 14.8. The highest BCUT2D eigenvalue weighted by molar-refractivity contribution is 6.05. The van der Waals surface area contributed by atoms with Crippen molar-refractivity contribution in [2.45, 2.75) is 20.4 Å². The molecule has 0 saturated heterocycles. The van der Waals surface area contributed by atoms with E-state index in [4.69, 9.17) is 0 Å². The van der Waals surface area contributed by atoms with Gasteiger partial charge in [0.2, 0.25) is 0 Å². The van der Waals surface area contributed by atoms with Gasteiger partial charge in [0, 0.05) is 30.2 Å². The number of nitrogens with one attached hydrogen (secondary N) is 1. The zero-order chi connectivity index (χ0) is 18.7. The lowest BCUT2D eigenvalue weighted by atomic mass is 10.0. The van der Waals surface area contributed by atoms with E-state index in [-0.39, 0.29) is 17.0 Å². The maximum Gasteiger partial charge on any atom is 0.291 e. The van der Waals surface area contributed by atoms with Gasteiger partial charge in [-0.1, -0.05) is 6.07 Å². The number of carbonyl (C=O) groups excluding carboxylic acids is 1. The minimum atomic E-state index is -0.449. The van der Waals surface area contributed by atoms with Crippen molar-refractivity contribution in [2.24, 2.45) is 0 Å². The molecule has 0 bridgehead atoms. The molecule has 0 fully saturated rings. The minimum Gasteiger partial charge on any atom is -0.350 e. The standard InChI is InChI=1S/C19H17FN4O2/c1-3-24-19(26)18(22-15-8-4-7-14(20)10-15)16(12(2)25)17(23-24)13-6-5-9-21-11-13/h4-11,22H,3H2,1-2H3. The van der Waals surface area contributed by atoms with Crippen LogP contribution in [-0.2, 0) is 6.54 Å². The van der Waals surface area contributed by atoms with E-state index < -0.39 is 11.4 Å². The Hall–Kier alpha value is -3.35.